The smallest absolute Gasteiger partial charge is 0.260 e. The molecule has 156 valence electrons. The summed E-state index contributed by atoms with van der Waals surface area (Å²) in [5, 5.41) is 7.15. The number of alkyl halides is 2. The number of benzene rings is 1. The van der Waals surface area contributed by atoms with Crippen LogP contribution in [0.25, 0.3) is 0 Å². The molecular formula is C20H24F3N5O. The van der Waals surface area contributed by atoms with Gasteiger partial charge in [-0.05, 0) is 43.2 Å². The van der Waals surface area contributed by atoms with E-state index in [4.69, 9.17) is 0 Å². The number of carbonyl (C=O) groups is 1. The first-order valence-electron chi connectivity index (χ1n) is 9.98. The Kier molecular flexibility index (Phi) is 5.73. The molecule has 0 bridgehead atoms. The van der Waals surface area contributed by atoms with Gasteiger partial charge in [0, 0.05) is 25.6 Å². The molecule has 0 saturated carbocycles. The highest BCUT2D eigenvalue weighted by atomic mass is 19.3. The Bertz CT molecular complexity index is 850. The van der Waals surface area contributed by atoms with Crippen molar-refractivity contribution in [3.8, 4) is 0 Å². The zero-order valence-corrected chi connectivity index (χ0v) is 16.0. The van der Waals surface area contributed by atoms with Crippen LogP contribution in [0.15, 0.2) is 30.6 Å². The van der Waals surface area contributed by atoms with Gasteiger partial charge in [-0.3, -0.25) is 4.79 Å². The first-order valence-corrected chi connectivity index (χ1v) is 9.98. The SMILES string of the molecule is O=C(CCc1ccccc1F)N1CCC([C@@H]2C[C@H](C(F)F)n3ncnc3N2)CC1. The number of rotatable bonds is 5. The Morgan fingerprint density at radius 2 is 2.00 bits per heavy atom. The summed E-state index contributed by atoms with van der Waals surface area (Å²) in [5.74, 6) is 0.296. The van der Waals surface area contributed by atoms with E-state index in [-0.39, 0.29) is 30.1 Å². The molecule has 1 fully saturated rings. The van der Waals surface area contributed by atoms with E-state index in [2.05, 4.69) is 15.4 Å². The molecule has 2 aliphatic heterocycles. The minimum absolute atomic E-state index is 0.00788. The molecule has 2 aromatic rings. The number of aromatic nitrogens is 3. The number of anilines is 1. The van der Waals surface area contributed by atoms with Crippen molar-refractivity contribution >= 4 is 11.9 Å². The van der Waals surface area contributed by atoms with E-state index in [1.54, 1.807) is 23.1 Å². The van der Waals surface area contributed by atoms with Crippen LogP contribution in [0.1, 0.15) is 37.3 Å². The summed E-state index contributed by atoms with van der Waals surface area (Å²) in [4.78, 5) is 18.4. The van der Waals surface area contributed by atoms with Gasteiger partial charge < -0.3 is 10.2 Å². The highest BCUT2D eigenvalue weighted by molar-refractivity contribution is 5.76. The number of nitrogens with one attached hydrogen (secondary N) is 1. The van der Waals surface area contributed by atoms with Crippen LogP contribution in [0.5, 0.6) is 0 Å². The Morgan fingerprint density at radius 1 is 1.24 bits per heavy atom. The summed E-state index contributed by atoms with van der Waals surface area (Å²) < 4.78 is 41.9. The summed E-state index contributed by atoms with van der Waals surface area (Å²) in [7, 11) is 0. The largest absolute Gasteiger partial charge is 0.351 e. The Morgan fingerprint density at radius 3 is 2.72 bits per heavy atom. The molecule has 0 spiro atoms. The van der Waals surface area contributed by atoms with E-state index in [1.807, 2.05) is 0 Å². The Balaban J connectivity index is 1.30. The van der Waals surface area contributed by atoms with Gasteiger partial charge in [-0.25, -0.2) is 17.9 Å². The number of halogens is 3. The molecule has 9 heteroatoms. The van der Waals surface area contributed by atoms with E-state index >= 15 is 0 Å². The lowest BCUT2D eigenvalue weighted by molar-refractivity contribution is -0.132. The molecule has 4 rings (SSSR count). The fourth-order valence-corrected chi connectivity index (χ4v) is 4.35. The van der Waals surface area contributed by atoms with Gasteiger partial charge in [0.25, 0.3) is 6.43 Å². The van der Waals surface area contributed by atoms with Gasteiger partial charge in [0.05, 0.1) is 0 Å². The van der Waals surface area contributed by atoms with Crippen molar-refractivity contribution in [2.24, 2.45) is 5.92 Å². The van der Waals surface area contributed by atoms with Gasteiger partial charge in [0.2, 0.25) is 11.9 Å². The summed E-state index contributed by atoms with van der Waals surface area (Å²) in [5.41, 5.74) is 0.546. The molecular weight excluding hydrogens is 383 g/mol. The van der Waals surface area contributed by atoms with E-state index in [9.17, 15) is 18.0 Å². The van der Waals surface area contributed by atoms with Crippen LogP contribution in [0.3, 0.4) is 0 Å². The molecule has 2 atom stereocenters. The normalized spacial score (nSPS) is 22.4. The molecule has 0 radical (unpaired) electrons. The Labute approximate surface area is 167 Å². The molecule has 0 unspecified atom stereocenters. The van der Waals surface area contributed by atoms with Gasteiger partial charge in [0.15, 0.2) is 0 Å². The highest BCUT2D eigenvalue weighted by Gasteiger charge is 2.38. The molecule has 2 aliphatic rings. The van der Waals surface area contributed by atoms with Gasteiger partial charge in [-0.1, -0.05) is 18.2 Å². The third-order valence-electron chi connectivity index (χ3n) is 6.02. The number of aryl methyl sites for hydroxylation is 1. The second kappa shape index (κ2) is 8.42. The van der Waals surface area contributed by atoms with Crippen molar-refractivity contribution in [1.82, 2.24) is 19.7 Å². The van der Waals surface area contributed by atoms with Crippen molar-refractivity contribution in [2.75, 3.05) is 18.4 Å². The van der Waals surface area contributed by atoms with Gasteiger partial charge in [-0.2, -0.15) is 10.1 Å². The van der Waals surface area contributed by atoms with Gasteiger partial charge in [-0.15, -0.1) is 0 Å². The standard InChI is InChI=1S/C20H24F3N5O/c21-15-4-2-1-3-13(15)5-6-18(29)27-9-7-14(8-10-27)16-11-17(19(22)23)28-20(26-16)24-12-25-28/h1-4,12,14,16-17,19H,5-11H2,(H,24,25,26)/t16-,17+/m0/s1. The van der Waals surface area contributed by atoms with E-state index < -0.39 is 12.5 Å². The topological polar surface area (TPSA) is 63.1 Å². The van der Waals surface area contributed by atoms with Crippen LogP contribution in [0.2, 0.25) is 0 Å². The van der Waals surface area contributed by atoms with Crippen molar-refractivity contribution in [3.05, 3.63) is 42.0 Å². The number of likely N-dealkylation sites (tertiary alicyclic amines) is 1. The fraction of sp³-hybridized carbons (Fsp3) is 0.550. The molecule has 3 heterocycles. The van der Waals surface area contributed by atoms with Crippen LogP contribution in [0, 0.1) is 11.7 Å². The fourth-order valence-electron chi connectivity index (χ4n) is 4.35. The first-order chi connectivity index (χ1) is 14.0. The van der Waals surface area contributed by atoms with Gasteiger partial charge >= 0.3 is 0 Å². The molecule has 1 aromatic heterocycles. The maximum absolute atomic E-state index is 13.7. The van der Waals surface area contributed by atoms with Crippen LogP contribution >= 0.6 is 0 Å². The second-order valence-electron chi connectivity index (χ2n) is 7.73. The Hall–Kier alpha value is -2.58. The molecule has 1 N–H and O–H groups in total. The van der Waals surface area contributed by atoms with Crippen molar-refractivity contribution in [3.63, 3.8) is 0 Å². The predicted molar refractivity (Wildman–Crippen MR) is 101 cm³/mol. The van der Waals surface area contributed by atoms with E-state index in [0.717, 1.165) is 12.8 Å². The summed E-state index contributed by atoms with van der Waals surface area (Å²) in [6, 6.07) is 5.41. The van der Waals surface area contributed by atoms with E-state index in [0.29, 0.717) is 37.4 Å². The third kappa shape index (κ3) is 4.23. The lowest BCUT2D eigenvalue weighted by atomic mass is 9.85. The first kappa shape index (κ1) is 19.7. The number of fused-ring (bicyclic) bond motifs is 1. The van der Waals surface area contributed by atoms with Crippen molar-refractivity contribution in [1.29, 1.82) is 0 Å². The number of amides is 1. The van der Waals surface area contributed by atoms with E-state index in [1.165, 1.54) is 17.1 Å². The second-order valence-corrected chi connectivity index (χ2v) is 7.73. The average molecular weight is 407 g/mol. The van der Waals surface area contributed by atoms with Crippen LogP contribution in [-0.2, 0) is 11.2 Å². The molecule has 0 aliphatic carbocycles. The zero-order chi connectivity index (χ0) is 20.4. The lowest BCUT2D eigenvalue weighted by Gasteiger charge is -2.40. The maximum Gasteiger partial charge on any atom is 0.260 e. The average Bonchev–Trinajstić information content (AvgIpc) is 3.21. The molecule has 1 amide bonds. The van der Waals surface area contributed by atoms with Crippen molar-refractivity contribution in [2.45, 2.75) is 50.6 Å². The monoisotopic (exact) mass is 407 g/mol. The maximum atomic E-state index is 13.7. The lowest BCUT2D eigenvalue weighted by Crippen LogP contribution is -2.46. The quantitative estimate of drug-likeness (QED) is 0.826. The number of carbonyl (C=O) groups excluding carboxylic acids is 1. The number of hydrogen-bond acceptors (Lipinski definition) is 4. The summed E-state index contributed by atoms with van der Waals surface area (Å²) >= 11 is 0. The van der Waals surface area contributed by atoms with Gasteiger partial charge in [0.1, 0.15) is 18.2 Å². The van der Waals surface area contributed by atoms with Crippen LogP contribution in [0.4, 0.5) is 19.1 Å². The minimum atomic E-state index is -2.50. The van der Waals surface area contributed by atoms with Crippen LogP contribution < -0.4 is 5.32 Å². The summed E-state index contributed by atoms with van der Waals surface area (Å²) in [6.45, 7) is 1.18. The minimum Gasteiger partial charge on any atom is -0.351 e. The number of piperidine rings is 1. The molecule has 1 aromatic carbocycles. The predicted octanol–water partition coefficient (Wildman–Crippen LogP) is 3.28. The number of nitrogens with zero attached hydrogens (tertiary/aromatic N) is 4. The number of hydrogen-bond donors (Lipinski definition) is 1. The summed E-state index contributed by atoms with van der Waals surface area (Å²) in [6.07, 6.45) is 1.21. The van der Waals surface area contributed by atoms with Crippen LogP contribution in [-0.4, -0.2) is 51.1 Å². The zero-order valence-electron chi connectivity index (χ0n) is 16.0. The molecule has 6 nitrogen and oxygen atoms in total. The highest BCUT2D eigenvalue weighted by Crippen LogP contribution is 2.35. The third-order valence-corrected chi connectivity index (χ3v) is 6.02. The molecule has 29 heavy (non-hydrogen) atoms. The van der Waals surface area contributed by atoms with Crippen molar-refractivity contribution < 1.29 is 18.0 Å². The molecule has 1 saturated heterocycles.